The van der Waals surface area contributed by atoms with Gasteiger partial charge in [0.1, 0.15) is 11.4 Å². The smallest absolute Gasteiger partial charge is 0.292 e. The molecule has 1 N–H and O–H groups in total. The van der Waals surface area contributed by atoms with Crippen LogP contribution in [-0.4, -0.2) is 10.9 Å². The van der Waals surface area contributed by atoms with E-state index in [0.717, 1.165) is 0 Å². The van der Waals surface area contributed by atoms with Crippen LogP contribution in [0.4, 0.5) is 5.82 Å². The van der Waals surface area contributed by atoms with Gasteiger partial charge in [-0.05, 0) is 24.3 Å². The molecule has 98 valence electrons. The number of nitrogens with one attached hydrogen (secondary N) is 1. The highest BCUT2D eigenvalue weighted by molar-refractivity contribution is 6.02. The number of carbonyl (C=O) groups excluding carboxylic acids is 1. The SMILES string of the molecule is O=C(Nc1ccccn1)c1cc(=O)c2ccccc2o1. The lowest BCUT2D eigenvalue weighted by atomic mass is 10.2. The van der Waals surface area contributed by atoms with Crippen molar-refractivity contribution >= 4 is 22.7 Å². The third-order valence-electron chi connectivity index (χ3n) is 2.76. The second-order valence-electron chi connectivity index (χ2n) is 4.14. The molecule has 5 nitrogen and oxygen atoms in total. The molecule has 0 aliphatic carbocycles. The van der Waals surface area contributed by atoms with Crippen molar-refractivity contribution in [3.63, 3.8) is 0 Å². The molecule has 0 bridgehead atoms. The third-order valence-corrected chi connectivity index (χ3v) is 2.76. The van der Waals surface area contributed by atoms with E-state index in [9.17, 15) is 9.59 Å². The predicted octanol–water partition coefficient (Wildman–Crippen LogP) is 2.44. The number of rotatable bonds is 2. The number of hydrogen-bond donors (Lipinski definition) is 1. The van der Waals surface area contributed by atoms with E-state index in [1.807, 2.05) is 0 Å². The molecule has 2 aromatic heterocycles. The standard InChI is InChI=1S/C15H10N2O3/c18-11-9-13(20-12-6-2-1-5-10(11)12)15(19)17-14-7-3-4-8-16-14/h1-9H,(H,16,17,19). The molecule has 0 saturated carbocycles. The topological polar surface area (TPSA) is 72.2 Å². The van der Waals surface area contributed by atoms with Crippen LogP contribution < -0.4 is 10.7 Å². The first-order valence-corrected chi connectivity index (χ1v) is 5.99. The third kappa shape index (κ3) is 2.29. The maximum absolute atomic E-state index is 12.0. The minimum absolute atomic E-state index is 0.0423. The largest absolute Gasteiger partial charge is 0.451 e. The molecule has 0 saturated heterocycles. The van der Waals surface area contributed by atoms with Gasteiger partial charge in [-0.25, -0.2) is 4.98 Å². The number of amides is 1. The molecule has 0 unspecified atom stereocenters. The van der Waals surface area contributed by atoms with Crippen molar-refractivity contribution < 1.29 is 9.21 Å². The van der Waals surface area contributed by atoms with Gasteiger partial charge >= 0.3 is 0 Å². The van der Waals surface area contributed by atoms with Crippen molar-refractivity contribution in [2.24, 2.45) is 0 Å². The highest BCUT2D eigenvalue weighted by atomic mass is 16.3. The Kier molecular flexibility index (Phi) is 3.01. The van der Waals surface area contributed by atoms with E-state index in [4.69, 9.17) is 4.42 Å². The van der Waals surface area contributed by atoms with Gasteiger partial charge in [-0.15, -0.1) is 0 Å². The van der Waals surface area contributed by atoms with Crippen molar-refractivity contribution in [2.75, 3.05) is 5.32 Å². The molecule has 2 heterocycles. The Labute approximate surface area is 113 Å². The zero-order valence-corrected chi connectivity index (χ0v) is 10.4. The number of para-hydroxylation sites is 1. The van der Waals surface area contributed by atoms with Crippen molar-refractivity contribution in [2.45, 2.75) is 0 Å². The molecule has 1 amide bonds. The van der Waals surface area contributed by atoms with Crippen molar-refractivity contribution in [3.05, 3.63) is 70.7 Å². The van der Waals surface area contributed by atoms with E-state index in [0.29, 0.717) is 16.8 Å². The first kappa shape index (κ1) is 12.1. The highest BCUT2D eigenvalue weighted by Crippen LogP contribution is 2.12. The Morgan fingerprint density at radius 1 is 1.10 bits per heavy atom. The van der Waals surface area contributed by atoms with Crippen LogP contribution in [0, 0.1) is 0 Å². The molecule has 0 radical (unpaired) electrons. The van der Waals surface area contributed by atoms with Gasteiger partial charge < -0.3 is 9.73 Å². The monoisotopic (exact) mass is 266 g/mol. The number of nitrogens with zero attached hydrogens (tertiary/aromatic N) is 1. The number of anilines is 1. The summed E-state index contributed by atoms with van der Waals surface area (Å²) in [4.78, 5) is 27.9. The van der Waals surface area contributed by atoms with Gasteiger partial charge in [-0.1, -0.05) is 18.2 Å². The summed E-state index contributed by atoms with van der Waals surface area (Å²) in [5, 5.41) is 3.01. The van der Waals surface area contributed by atoms with Crippen LogP contribution in [0.5, 0.6) is 0 Å². The summed E-state index contributed by atoms with van der Waals surface area (Å²) in [5.41, 5.74) is 0.129. The summed E-state index contributed by atoms with van der Waals surface area (Å²) in [5.74, 6) is -0.154. The zero-order chi connectivity index (χ0) is 13.9. The summed E-state index contributed by atoms with van der Waals surface area (Å²) in [6.07, 6.45) is 1.56. The lowest BCUT2D eigenvalue weighted by molar-refractivity contribution is 0.0997. The van der Waals surface area contributed by atoms with Crippen LogP contribution in [-0.2, 0) is 0 Å². The van der Waals surface area contributed by atoms with E-state index < -0.39 is 5.91 Å². The van der Waals surface area contributed by atoms with Crippen molar-refractivity contribution in [1.29, 1.82) is 0 Å². The molecular weight excluding hydrogens is 256 g/mol. The fourth-order valence-corrected chi connectivity index (χ4v) is 1.83. The summed E-state index contributed by atoms with van der Waals surface area (Å²) >= 11 is 0. The van der Waals surface area contributed by atoms with Crippen LogP contribution in [0.15, 0.2) is 63.9 Å². The second-order valence-corrected chi connectivity index (χ2v) is 4.14. The summed E-state index contributed by atoms with van der Waals surface area (Å²) in [6, 6.07) is 13.1. The van der Waals surface area contributed by atoms with Crippen LogP contribution in [0.3, 0.4) is 0 Å². The average Bonchev–Trinajstić information content (AvgIpc) is 2.48. The zero-order valence-electron chi connectivity index (χ0n) is 10.4. The summed E-state index contributed by atoms with van der Waals surface area (Å²) in [6.45, 7) is 0. The van der Waals surface area contributed by atoms with E-state index in [1.54, 1.807) is 48.7 Å². The fraction of sp³-hybridized carbons (Fsp3) is 0. The summed E-state index contributed by atoms with van der Waals surface area (Å²) in [7, 11) is 0. The maximum Gasteiger partial charge on any atom is 0.292 e. The molecule has 1 aromatic carbocycles. The van der Waals surface area contributed by atoms with Gasteiger partial charge in [-0.3, -0.25) is 9.59 Å². The highest BCUT2D eigenvalue weighted by Gasteiger charge is 2.12. The van der Waals surface area contributed by atoms with Crippen LogP contribution in [0.2, 0.25) is 0 Å². The van der Waals surface area contributed by atoms with Gasteiger partial charge in [0.05, 0.1) is 5.39 Å². The molecular formula is C15H10N2O3. The van der Waals surface area contributed by atoms with Crippen LogP contribution in [0.25, 0.3) is 11.0 Å². The fourth-order valence-electron chi connectivity index (χ4n) is 1.83. The molecule has 0 aliphatic heterocycles. The first-order valence-electron chi connectivity index (χ1n) is 5.99. The van der Waals surface area contributed by atoms with Crippen LogP contribution >= 0.6 is 0 Å². The Bertz CT molecular complexity index is 825. The molecule has 0 spiro atoms. The van der Waals surface area contributed by atoms with E-state index in [2.05, 4.69) is 10.3 Å². The minimum atomic E-state index is -0.508. The number of hydrogen-bond acceptors (Lipinski definition) is 4. The Morgan fingerprint density at radius 2 is 1.90 bits per heavy atom. The normalized spacial score (nSPS) is 10.4. The molecule has 3 aromatic rings. The lowest BCUT2D eigenvalue weighted by Gasteiger charge is -2.04. The van der Waals surface area contributed by atoms with E-state index in [1.165, 1.54) is 6.07 Å². The quantitative estimate of drug-likeness (QED) is 0.773. The van der Waals surface area contributed by atoms with Gasteiger partial charge in [0.15, 0.2) is 11.2 Å². The number of benzene rings is 1. The molecule has 20 heavy (non-hydrogen) atoms. The van der Waals surface area contributed by atoms with Crippen molar-refractivity contribution in [1.82, 2.24) is 4.98 Å². The van der Waals surface area contributed by atoms with Gasteiger partial charge in [0.25, 0.3) is 5.91 Å². The van der Waals surface area contributed by atoms with Gasteiger partial charge in [0, 0.05) is 12.3 Å². The van der Waals surface area contributed by atoms with Gasteiger partial charge in [-0.2, -0.15) is 0 Å². The van der Waals surface area contributed by atoms with E-state index in [-0.39, 0.29) is 11.2 Å². The number of carbonyl (C=O) groups is 1. The first-order chi connectivity index (χ1) is 9.74. The predicted molar refractivity (Wildman–Crippen MR) is 74.7 cm³/mol. The lowest BCUT2D eigenvalue weighted by Crippen LogP contribution is -2.15. The maximum atomic E-state index is 12.0. The average molecular weight is 266 g/mol. The summed E-state index contributed by atoms with van der Waals surface area (Å²) < 4.78 is 5.44. The Morgan fingerprint density at radius 3 is 2.70 bits per heavy atom. The number of pyridine rings is 1. The Balaban J connectivity index is 1.98. The molecule has 5 heteroatoms. The molecule has 0 aliphatic rings. The molecule has 0 fully saturated rings. The number of fused-ring (bicyclic) bond motifs is 1. The van der Waals surface area contributed by atoms with Gasteiger partial charge in [0.2, 0.25) is 0 Å². The van der Waals surface area contributed by atoms with Crippen LogP contribution in [0.1, 0.15) is 10.6 Å². The van der Waals surface area contributed by atoms with E-state index >= 15 is 0 Å². The van der Waals surface area contributed by atoms with Crippen molar-refractivity contribution in [3.8, 4) is 0 Å². The number of aromatic nitrogens is 1. The Hall–Kier alpha value is -2.95. The molecule has 3 rings (SSSR count). The molecule has 0 atom stereocenters. The second kappa shape index (κ2) is 4.97. The minimum Gasteiger partial charge on any atom is -0.451 e.